The summed E-state index contributed by atoms with van der Waals surface area (Å²) >= 11 is 3.02. The topological polar surface area (TPSA) is 45.8 Å². The smallest absolute Gasteiger partial charge is 0.269 e. The first-order valence-electron chi connectivity index (χ1n) is 4.41. The maximum absolute atomic E-state index is 11.5. The van der Waals surface area contributed by atoms with Gasteiger partial charge in [-0.2, -0.15) is 0 Å². The standard InChI is InChI=1S/C9H10N2OS2/c1-2-4-14-9-10-6-3-5-13-7(6)8(12)11-9/h3,5H,2,4H2,1H3,(H,10,11,12). The molecular formula is C9H10N2OS2. The van der Waals surface area contributed by atoms with Crippen molar-refractivity contribution in [1.82, 2.24) is 9.97 Å². The van der Waals surface area contributed by atoms with Gasteiger partial charge in [0.05, 0.1) is 5.52 Å². The molecule has 2 rings (SSSR count). The number of fused-ring (bicyclic) bond motifs is 1. The zero-order valence-electron chi connectivity index (χ0n) is 7.74. The van der Waals surface area contributed by atoms with Crippen molar-refractivity contribution in [3.8, 4) is 0 Å². The largest absolute Gasteiger partial charge is 0.300 e. The van der Waals surface area contributed by atoms with Crippen LogP contribution in [0.3, 0.4) is 0 Å². The van der Waals surface area contributed by atoms with E-state index in [4.69, 9.17) is 0 Å². The average molecular weight is 226 g/mol. The molecule has 2 aromatic rings. The number of aromatic nitrogens is 2. The van der Waals surface area contributed by atoms with Crippen molar-refractivity contribution >= 4 is 33.3 Å². The highest BCUT2D eigenvalue weighted by Crippen LogP contribution is 2.18. The zero-order valence-corrected chi connectivity index (χ0v) is 9.37. The second kappa shape index (κ2) is 4.14. The van der Waals surface area contributed by atoms with Gasteiger partial charge in [0.2, 0.25) is 0 Å². The Balaban J connectivity index is 2.43. The molecule has 0 aliphatic rings. The summed E-state index contributed by atoms with van der Waals surface area (Å²) in [6, 6.07) is 1.88. The van der Waals surface area contributed by atoms with Gasteiger partial charge in [-0.25, -0.2) is 4.98 Å². The summed E-state index contributed by atoms with van der Waals surface area (Å²) in [5.74, 6) is 0.985. The number of hydrogen-bond acceptors (Lipinski definition) is 4. The van der Waals surface area contributed by atoms with E-state index in [0.29, 0.717) is 4.70 Å². The van der Waals surface area contributed by atoms with Crippen LogP contribution in [0.25, 0.3) is 10.2 Å². The zero-order chi connectivity index (χ0) is 9.97. The molecule has 3 nitrogen and oxygen atoms in total. The Morgan fingerprint density at radius 1 is 1.64 bits per heavy atom. The van der Waals surface area contributed by atoms with E-state index >= 15 is 0 Å². The molecule has 0 radical (unpaired) electrons. The quantitative estimate of drug-likeness (QED) is 0.646. The van der Waals surface area contributed by atoms with E-state index in [2.05, 4.69) is 16.9 Å². The molecule has 0 spiro atoms. The predicted octanol–water partition coefficient (Wildman–Crippen LogP) is 2.49. The minimum absolute atomic E-state index is 0.0244. The van der Waals surface area contributed by atoms with Gasteiger partial charge in [-0.15, -0.1) is 11.3 Å². The molecule has 0 aromatic carbocycles. The summed E-state index contributed by atoms with van der Waals surface area (Å²) in [5, 5.41) is 2.61. The Labute approximate surface area is 89.6 Å². The van der Waals surface area contributed by atoms with Crippen molar-refractivity contribution in [3.63, 3.8) is 0 Å². The molecule has 0 aliphatic heterocycles. The highest BCUT2D eigenvalue weighted by Gasteiger charge is 2.04. The lowest BCUT2D eigenvalue weighted by atomic mass is 10.5. The summed E-state index contributed by atoms with van der Waals surface area (Å²) in [6.07, 6.45) is 1.08. The molecule has 74 valence electrons. The van der Waals surface area contributed by atoms with Crippen LogP contribution >= 0.6 is 23.1 Å². The number of hydrogen-bond donors (Lipinski definition) is 1. The monoisotopic (exact) mass is 226 g/mol. The van der Waals surface area contributed by atoms with Gasteiger partial charge in [-0.1, -0.05) is 18.7 Å². The van der Waals surface area contributed by atoms with Crippen LogP contribution in [-0.4, -0.2) is 15.7 Å². The van der Waals surface area contributed by atoms with E-state index in [1.165, 1.54) is 11.3 Å². The Morgan fingerprint density at radius 3 is 3.29 bits per heavy atom. The van der Waals surface area contributed by atoms with Crippen molar-refractivity contribution in [2.45, 2.75) is 18.5 Å². The van der Waals surface area contributed by atoms with Crippen LogP contribution < -0.4 is 5.56 Å². The van der Waals surface area contributed by atoms with Gasteiger partial charge >= 0.3 is 0 Å². The molecule has 5 heteroatoms. The predicted molar refractivity (Wildman–Crippen MR) is 61.3 cm³/mol. The summed E-state index contributed by atoms with van der Waals surface area (Å²) in [7, 11) is 0. The summed E-state index contributed by atoms with van der Waals surface area (Å²) in [5.41, 5.74) is 0.779. The number of aromatic amines is 1. The van der Waals surface area contributed by atoms with Crippen LogP contribution in [0.2, 0.25) is 0 Å². The van der Waals surface area contributed by atoms with Gasteiger partial charge in [0.25, 0.3) is 5.56 Å². The molecule has 0 atom stereocenters. The summed E-state index contributed by atoms with van der Waals surface area (Å²) in [6.45, 7) is 2.11. The Kier molecular flexibility index (Phi) is 2.88. The molecule has 0 unspecified atom stereocenters. The molecular weight excluding hydrogens is 216 g/mol. The first kappa shape index (κ1) is 9.73. The van der Waals surface area contributed by atoms with Crippen LogP contribution in [-0.2, 0) is 0 Å². The van der Waals surface area contributed by atoms with Crippen molar-refractivity contribution in [1.29, 1.82) is 0 Å². The third-order valence-corrected chi connectivity index (χ3v) is 3.72. The SMILES string of the molecule is CCCSc1nc2ccsc2c(=O)[nH]1. The van der Waals surface area contributed by atoms with Crippen LogP contribution in [0, 0.1) is 0 Å². The van der Waals surface area contributed by atoms with E-state index in [1.54, 1.807) is 11.8 Å². The third kappa shape index (κ3) is 1.83. The lowest BCUT2D eigenvalue weighted by Gasteiger charge is -1.97. The van der Waals surface area contributed by atoms with Gasteiger partial charge in [0.15, 0.2) is 5.16 Å². The second-order valence-corrected chi connectivity index (χ2v) is 4.85. The molecule has 0 amide bonds. The van der Waals surface area contributed by atoms with Gasteiger partial charge in [-0.05, 0) is 17.9 Å². The second-order valence-electron chi connectivity index (χ2n) is 2.85. The number of nitrogens with one attached hydrogen (secondary N) is 1. The van der Waals surface area contributed by atoms with Crippen molar-refractivity contribution in [2.24, 2.45) is 0 Å². The van der Waals surface area contributed by atoms with Crippen molar-refractivity contribution in [2.75, 3.05) is 5.75 Å². The maximum Gasteiger partial charge on any atom is 0.269 e. The number of thioether (sulfide) groups is 1. The normalized spacial score (nSPS) is 10.9. The van der Waals surface area contributed by atoms with Crippen molar-refractivity contribution < 1.29 is 0 Å². The molecule has 0 bridgehead atoms. The minimum Gasteiger partial charge on any atom is -0.300 e. The summed E-state index contributed by atoms with van der Waals surface area (Å²) < 4.78 is 0.714. The minimum atomic E-state index is -0.0244. The fourth-order valence-corrected chi connectivity index (χ4v) is 2.57. The molecule has 14 heavy (non-hydrogen) atoms. The number of thiophene rings is 1. The number of rotatable bonds is 3. The van der Waals surface area contributed by atoms with Gasteiger partial charge < -0.3 is 4.98 Å². The molecule has 2 aromatic heterocycles. The Bertz CT molecular complexity index is 489. The first-order valence-corrected chi connectivity index (χ1v) is 6.28. The lowest BCUT2D eigenvalue weighted by molar-refractivity contribution is 0.972. The number of H-pyrrole nitrogens is 1. The first-order chi connectivity index (χ1) is 6.81. The van der Waals surface area contributed by atoms with E-state index in [9.17, 15) is 4.79 Å². The molecule has 0 fully saturated rings. The summed E-state index contributed by atoms with van der Waals surface area (Å²) in [4.78, 5) is 18.7. The van der Waals surface area contributed by atoms with E-state index in [-0.39, 0.29) is 5.56 Å². The molecule has 0 saturated carbocycles. The Hall–Kier alpha value is -0.810. The van der Waals surface area contributed by atoms with Crippen LogP contribution in [0.5, 0.6) is 0 Å². The number of nitrogens with zero attached hydrogens (tertiary/aromatic N) is 1. The van der Waals surface area contributed by atoms with Crippen LogP contribution in [0.1, 0.15) is 13.3 Å². The molecule has 2 heterocycles. The third-order valence-electron chi connectivity index (χ3n) is 1.74. The fourth-order valence-electron chi connectivity index (χ4n) is 1.12. The van der Waals surface area contributed by atoms with Gasteiger partial charge in [-0.3, -0.25) is 4.79 Å². The van der Waals surface area contributed by atoms with E-state index < -0.39 is 0 Å². The van der Waals surface area contributed by atoms with Gasteiger partial charge in [0, 0.05) is 5.75 Å². The lowest BCUT2D eigenvalue weighted by Crippen LogP contribution is -2.07. The highest BCUT2D eigenvalue weighted by atomic mass is 32.2. The van der Waals surface area contributed by atoms with Gasteiger partial charge in [0.1, 0.15) is 4.70 Å². The molecule has 0 aliphatic carbocycles. The molecule has 0 saturated heterocycles. The fraction of sp³-hybridized carbons (Fsp3) is 0.333. The molecule has 1 N–H and O–H groups in total. The van der Waals surface area contributed by atoms with E-state index in [0.717, 1.165) is 22.8 Å². The van der Waals surface area contributed by atoms with Crippen LogP contribution in [0.15, 0.2) is 21.4 Å². The average Bonchev–Trinajstić information content (AvgIpc) is 2.63. The van der Waals surface area contributed by atoms with Crippen LogP contribution in [0.4, 0.5) is 0 Å². The van der Waals surface area contributed by atoms with Crippen molar-refractivity contribution in [3.05, 3.63) is 21.8 Å². The van der Waals surface area contributed by atoms with E-state index in [1.807, 2.05) is 11.4 Å². The highest BCUT2D eigenvalue weighted by molar-refractivity contribution is 7.99. The maximum atomic E-state index is 11.5. The Morgan fingerprint density at radius 2 is 2.50 bits per heavy atom.